The van der Waals surface area contributed by atoms with Crippen molar-refractivity contribution in [2.45, 2.75) is 13.8 Å². The van der Waals surface area contributed by atoms with Gasteiger partial charge in [-0.1, -0.05) is 58.4 Å². The average Bonchev–Trinajstić information content (AvgIpc) is 3.09. The van der Waals surface area contributed by atoms with Crippen LogP contribution in [0, 0.1) is 13.8 Å². The first-order valence-corrected chi connectivity index (χ1v) is 13.5. The fourth-order valence-electron chi connectivity index (χ4n) is 4.08. The molecule has 4 aromatic rings. The Morgan fingerprint density at radius 3 is 2.51 bits per heavy atom. The number of sulfonamides is 1. The lowest BCUT2D eigenvalue weighted by atomic mass is 10.1. The standard InChI is InChI=1S/C26H25BrN4O3S/c1-18-14-21(19(2)31(18)23-11-7-10-22(27)15-23)16-28-29-26(32)17-30(35(3,33)34)25-13-6-9-20-8-4-5-12-24(20)25/h4-16H,17H2,1-3H3,(H,29,32)/b28-16+. The zero-order chi connectivity index (χ0) is 25.2. The van der Waals surface area contributed by atoms with Gasteiger partial charge in [0, 0.05) is 32.5 Å². The normalized spacial score (nSPS) is 11.8. The summed E-state index contributed by atoms with van der Waals surface area (Å²) in [6.45, 7) is 3.59. The summed E-state index contributed by atoms with van der Waals surface area (Å²) in [5.41, 5.74) is 6.75. The molecule has 1 amide bonds. The van der Waals surface area contributed by atoms with Crippen molar-refractivity contribution < 1.29 is 13.2 Å². The SMILES string of the molecule is Cc1cc(/C=N/NC(=O)CN(c2cccc3ccccc23)S(C)(=O)=O)c(C)n1-c1cccc(Br)c1. The number of anilines is 1. The topological polar surface area (TPSA) is 83.8 Å². The first-order valence-electron chi connectivity index (χ1n) is 10.9. The summed E-state index contributed by atoms with van der Waals surface area (Å²) >= 11 is 3.50. The first-order chi connectivity index (χ1) is 16.6. The first kappa shape index (κ1) is 24.7. The van der Waals surface area contributed by atoms with Crippen molar-refractivity contribution in [2.24, 2.45) is 5.10 Å². The van der Waals surface area contributed by atoms with E-state index in [9.17, 15) is 13.2 Å². The second kappa shape index (κ2) is 10.1. The van der Waals surface area contributed by atoms with E-state index in [1.165, 1.54) is 0 Å². The molecule has 0 radical (unpaired) electrons. The van der Waals surface area contributed by atoms with E-state index in [4.69, 9.17) is 0 Å². The second-order valence-electron chi connectivity index (χ2n) is 8.20. The molecule has 0 atom stereocenters. The third-order valence-corrected chi connectivity index (χ3v) is 7.27. The number of carbonyl (C=O) groups is 1. The molecular weight excluding hydrogens is 528 g/mol. The van der Waals surface area contributed by atoms with Crippen LogP contribution in [0.2, 0.25) is 0 Å². The van der Waals surface area contributed by atoms with Crippen LogP contribution in [0.25, 0.3) is 16.5 Å². The van der Waals surface area contributed by atoms with Gasteiger partial charge in [-0.15, -0.1) is 0 Å². The molecule has 0 aliphatic carbocycles. The van der Waals surface area contributed by atoms with Gasteiger partial charge in [0.2, 0.25) is 10.0 Å². The number of rotatable bonds is 7. The summed E-state index contributed by atoms with van der Waals surface area (Å²) < 4.78 is 29.3. The average molecular weight is 553 g/mol. The number of hydrogen-bond donors (Lipinski definition) is 1. The van der Waals surface area contributed by atoms with Crippen molar-refractivity contribution >= 4 is 54.5 Å². The number of nitrogens with one attached hydrogen (secondary N) is 1. The van der Waals surface area contributed by atoms with Crippen LogP contribution in [0.3, 0.4) is 0 Å². The van der Waals surface area contributed by atoms with Gasteiger partial charge >= 0.3 is 0 Å². The van der Waals surface area contributed by atoms with Crippen LogP contribution in [0.4, 0.5) is 5.69 Å². The van der Waals surface area contributed by atoms with Crippen LogP contribution in [-0.2, 0) is 14.8 Å². The minimum Gasteiger partial charge on any atom is -0.318 e. The zero-order valence-corrected chi connectivity index (χ0v) is 22.0. The number of hydrogen-bond acceptors (Lipinski definition) is 4. The Kier molecular flexibility index (Phi) is 7.09. The fourth-order valence-corrected chi connectivity index (χ4v) is 5.33. The molecule has 0 fully saturated rings. The Labute approximate surface area is 213 Å². The number of aryl methyl sites for hydroxylation is 1. The molecule has 0 aliphatic heterocycles. The number of halogens is 1. The Hall–Kier alpha value is -3.43. The number of carbonyl (C=O) groups excluding carboxylic acids is 1. The molecule has 35 heavy (non-hydrogen) atoms. The summed E-state index contributed by atoms with van der Waals surface area (Å²) in [5, 5.41) is 5.72. The largest absolute Gasteiger partial charge is 0.318 e. The highest BCUT2D eigenvalue weighted by atomic mass is 79.9. The summed E-state index contributed by atoms with van der Waals surface area (Å²) in [4.78, 5) is 12.7. The summed E-state index contributed by atoms with van der Waals surface area (Å²) in [5.74, 6) is -0.541. The highest BCUT2D eigenvalue weighted by molar-refractivity contribution is 9.10. The third kappa shape index (κ3) is 5.47. The quantitative estimate of drug-likeness (QED) is 0.260. The van der Waals surface area contributed by atoms with Gasteiger partial charge in [-0.25, -0.2) is 13.8 Å². The highest BCUT2D eigenvalue weighted by Crippen LogP contribution is 2.28. The Morgan fingerprint density at radius 2 is 1.77 bits per heavy atom. The minimum atomic E-state index is -3.71. The lowest BCUT2D eigenvalue weighted by Gasteiger charge is -2.23. The van der Waals surface area contributed by atoms with Gasteiger partial charge in [0.15, 0.2) is 0 Å². The van der Waals surface area contributed by atoms with Gasteiger partial charge in [-0.3, -0.25) is 9.10 Å². The molecule has 0 spiro atoms. The number of benzene rings is 3. The van der Waals surface area contributed by atoms with Gasteiger partial charge in [0.25, 0.3) is 5.91 Å². The summed E-state index contributed by atoms with van der Waals surface area (Å²) in [6.07, 6.45) is 2.65. The molecule has 1 heterocycles. The van der Waals surface area contributed by atoms with Crippen LogP contribution in [0.15, 0.2) is 82.4 Å². The molecule has 1 aromatic heterocycles. The molecule has 4 rings (SSSR count). The van der Waals surface area contributed by atoms with Crippen LogP contribution in [0.1, 0.15) is 17.0 Å². The molecule has 0 bridgehead atoms. The molecule has 0 aliphatic rings. The van der Waals surface area contributed by atoms with Gasteiger partial charge in [0.05, 0.1) is 18.2 Å². The van der Waals surface area contributed by atoms with E-state index in [1.807, 2.05) is 74.5 Å². The van der Waals surface area contributed by atoms with E-state index in [0.29, 0.717) is 5.69 Å². The van der Waals surface area contributed by atoms with Crippen molar-refractivity contribution in [3.05, 3.63) is 94.2 Å². The van der Waals surface area contributed by atoms with Gasteiger partial charge in [0.1, 0.15) is 6.54 Å². The zero-order valence-electron chi connectivity index (χ0n) is 19.6. The van der Waals surface area contributed by atoms with Gasteiger partial charge in [-0.05, 0) is 49.6 Å². The number of amides is 1. The van der Waals surface area contributed by atoms with Crippen molar-refractivity contribution in [2.75, 3.05) is 17.1 Å². The Morgan fingerprint density at radius 1 is 1.06 bits per heavy atom. The number of fused-ring (bicyclic) bond motifs is 1. The van der Waals surface area contributed by atoms with Crippen molar-refractivity contribution in [1.82, 2.24) is 9.99 Å². The molecular formula is C26H25BrN4O3S. The molecule has 180 valence electrons. The van der Waals surface area contributed by atoms with Crippen LogP contribution in [-0.4, -0.2) is 37.9 Å². The number of hydrazone groups is 1. The van der Waals surface area contributed by atoms with Gasteiger partial charge < -0.3 is 4.57 Å². The lowest BCUT2D eigenvalue weighted by Crippen LogP contribution is -2.39. The Bertz CT molecular complexity index is 1540. The molecule has 0 saturated heterocycles. The smallest absolute Gasteiger partial charge is 0.260 e. The van der Waals surface area contributed by atoms with E-state index in [0.717, 1.165) is 48.4 Å². The predicted octanol–water partition coefficient (Wildman–Crippen LogP) is 4.93. The van der Waals surface area contributed by atoms with Crippen LogP contribution >= 0.6 is 15.9 Å². The Balaban J connectivity index is 1.53. The van der Waals surface area contributed by atoms with Crippen LogP contribution < -0.4 is 9.73 Å². The highest BCUT2D eigenvalue weighted by Gasteiger charge is 2.22. The molecule has 0 saturated carbocycles. The summed E-state index contributed by atoms with van der Waals surface area (Å²) in [7, 11) is -3.71. The number of nitrogens with zero attached hydrogens (tertiary/aromatic N) is 3. The monoisotopic (exact) mass is 552 g/mol. The van der Waals surface area contributed by atoms with Gasteiger partial charge in [-0.2, -0.15) is 5.10 Å². The molecule has 9 heteroatoms. The maximum atomic E-state index is 12.7. The lowest BCUT2D eigenvalue weighted by molar-refractivity contribution is -0.119. The maximum absolute atomic E-state index is 12.7. The van der Waals surface area contributed by atoms with E-state index < -0.39 is 15.9 Å². The predicted molar refractivity (Wildman–Crippen MR) is 145 cm³/mol. The molecule has 3 aromatic carbocycles. The molecule has 7 nitrogen and oxygen atoms in total. The van der Waals surface area contributed by atoms with E-state index in [-0.39, 0.29) is 6.54 Å². The van der Waals surface area contributed by atoms with Crippen molar-refractivity contribution in [3.63, 3.8) is 0 Å². The van der Waals surface area contributed by atoms with E-state index in [2.05, 4.69) is 31.0 Å². The minimum absolute atomic E-state index is 0.388. The van der Waals surface area contributed by atoms with Crippen molar-refractivity contribution in [1.29, 1.82) is 0 Å². The third-order valence-electron chi connectivity index (χ3n) is 5.65. The number of aromatic nitrogens is 1. The van der Waals surface area contributed by atoms with Crippen molar-refractivity contribution in [3.8, 4) is 5.69 Å². The fraction of sp³-hybridized carbons (Fsp3) is 0.154. The molecule has 1 N–H and O–H groups in total. The van der Waals surface area contributed by atoms with E-state index in [1.54, 1.807) is 18.3 Å². The molecule has 0 unspecified atom stereocenters. The maximum Gasteiger partial charge on any atom is 0.260 e. The summed E-state index contributed by atoms with van der Waals surface area (Å²) in [6, 6.07) is 22.8. The van der Waals surface area contributed by atoms with E-state index >= 15 is 0 Å². The second-order valence-corrected chi connectivity index (χ2v) is 11.0. The van der Waals surface area contributed by atoms with Crippen LogP contribution in [0.5, 0.6) is 0 Å².